The monoisotopic (exact) mass is 385 g/mol. The number of hydrogen-bond donors (Lipinski definition) is 2. The van der Waals surface area contributed by atoms with Crippen molar-refractivity contribution in [2.75, 3.05) is 13.1 Å². The molecule has 7 heteroatoms. The molecule has 0 spiro atoms. The SMILES string of the molecule is Cl.Cl.NCc1cc(C(=O)NCC2CCCN2Cc2ccccc2)co1. The third-order valence-electron chi connectivity index (χ3n) is 4.34. The molecule has 1 amide bonds. The topological polar surface area (TPSA) is 71.5 Å². The van der Waals surface area contributed by atoms with E-state index in [9.17, 15) is 4.79 Å². The number of rotatable bonds is 6. The van der Waals surface area contributed by atoms with E-state index in [1.165, 1.54) is 18.2 Å². The van der Waals surface area contributed by atoms with E-state index in [2.05, 4.69) is 34.5 Å². The summed E-state index contributed by atoms with van der Waals surface area (Å²) in [4.78, 5) is 14.6. The van der Waals surface area contributed by atoms with Crippen LogP contribution in [0.5, 0.6) is 0 Å². The number of likely N-dealkylation sites (tertiary alicyclic amines) is 1. The molecule has 3 N–H and O–H groups in total. The summed E-state index contributed by atoms with van der Waals surface area (Å²) in [5.41, 5.74) is 7.35. The third kappa shape index (κ3) is 5.75. The minimum absolute atomic E-state index is 0. The van der Waals surface area contributed by atoms with Gasteiger partial charge >= 0.3 is 0 Å². The lowest BCUT2D eigenvalue weighted by atomic mass is 10.1. The number of amides is 1. The highest BCUT2D eigenvalue weighted by Gasteiger charge is 2.25. The number of carbonyl (C=O) groups is 1. The second-order valence-corrected chi connectivity index (χ2v) is 5.97. The number of nitrogens with one attached hydrogen (secondary N) is 1. The molecule has 1 atom stereocenters. The van der Waals surface area contributed by atoms with Crippen LogP contribution in [0.2, 0.25) is 0 Å². The van der Waals surface area contributed by atoms with E-state index in [4.69, 9.17) is 10.2 Å². The van der Waals surface area contributed by atoms with Crippen LogP contribution >= 0.6 is 24.8 Å². The van der Waals surface area contributed by atoms with E-state index in [1.54, 1.807) is 6.07 Å². The summed E-state index contributed by atoms with van der Waals surface area (Å²) >= 11 is 0. The highest BCUT2D eigenvalue weighted by atomic mass is 35.5. The molecule has 0 radical (unpaired) electrons. The maximum Gasteiger partial charge on any atom is 0.254 e. The van der Waals surface area contributed by atoms with Gasteiger partial charge in [-0.2, -0.15) is 0 Å². The summed E-state index contributed by atoms with van der Waals surface area (Å²) in [6.45, 7) is 2.98. The van der Waals surface area contributed by atoms with Crippen molar-refractivity contribution >= 4 is 30.7 Å². The second kappa shape index (κ2) is 10.5. The molecule has 2 heterocycles. The summed E-state index contributed by atoms with van der Waals surface area (Å²) in [7, 11) is 0. The van der Waals surface area contributed by atoms with Gasteiger partial charge in [-0.05, 0) is 31.0 Å². The molecule has 1 unspecified atom stereocenters. The van der Waals surface area contributed by atoms with Crippen LogP contribution < -0.4 is 11.1 Å². The zero-order valence-corrected chi connectivity index (χ0v) is 15.7. The van der Waals surface area contributed by atoms with E-state index in [-0.39, 0.29) is 30.7 Å². The van der Waals surface area contributed by atoms with Crippen LogP contribution in [-0.4, -0.2) is 29.9 Å². The molecule has 0 bridgehead atoms. The predicted octanol–water partition coefficient (Wildman–Crippen LogP) is 2.98. The molecule has 1 fully saturated rings. The van der Waals surface area contributed by atoms with Gasteiger partial charge in [-0.15, -0.1) is 24.8 Å². The Morgan fingerprint density at radius 3 is 2.72 bits per heavy atom. The first-order chi connectivity index (χ1) is 11.3. The van der Waals surface area contributed by atoms with E-state index >= 15 is 0 Å². The highest BCUT2D eigenvalue weighted by molar-refractivity contribution is 5.94. The predicted molar refractivity (Wildman–Crippen MR) is 103 cm³/mol. The second-order valence-electron chi connectivity index (χ2n) is 5.97. The molecular weight excluding hydrogens is 361 g/mol. The smallest absolute Gasteiger partial charge is 0.254 e. The van der Waals surface area contributed by atoms with E-state index in [0.29, 0.717) is 30.5 Å². The van der Waals surface area contributed by atoms with E-state index in [0.717, 1.165) is 19.5 Å². The van der Waals surface area contributed by atoms with Crippen LogP contribution in [0.1, 0.15) is 34.5 Å². The van der Waals surface area contributed by atoms with Gasteiger partial charge in [0.25, 0.3) is 5.91 Å². The molecule has 1 aromatic carbocycles. The van der Waals surface area contributed by atoms with Crippen molar-refractivity contribution in [1.29, 1.82) is 0 Å². The first-order valence-corrected chi connectivity index (χ1v) is 8.10. The molecule has 1 aliphatic heterocycles. The Labute approximate surface area is 160 Å². The minimum atomic E-state index is -0.0972. The Hall–Kier alpha value is -1.53. The maximum atomic E-state index is 12.2. The van der Waals surface area contributed by atoms with Crippen molar-refractivity contribution in [2.24, 2.45) is 5.73 Å². The van der Waals surface area contributed by atoms with Gasteiger partial charge in [0.2, 0.25) is 0 Å². The van der Waals surface area contributed by atoms with Gasteiger partial charge in [0.05, 0.1) is 12.1 Å². The molecule has 2 aromatic rings. The van der Waals surface area contributed by atoms with Crippen LogP contribution in [0, 0.1) is 0 Å². The quantitative estimate of drug-likeness (QED) is 0.801. The summed E-state index contributed by atoms with van der Waals surface area (Å²) in [6, 6.07) is 12.5. The fourth-order valence-electron chi connectivity index (χ4n) is 3.07. The average Bonchev–Trinajstić information content (AvgIpc) is 3.23. The van der Waals surface area contributed by atoms with Gasteiger partial charge in [-0.25, -0.2) is 0 Å². The lowest BCUT2D eigenvalue weighted by molar-refractivity contribution is 0.0939. The van der Waals surface area contributed by atoms with Crippen LogP contribution in [0.3, 0.4) is 0 Å². The summed E-state index contributed by atoms with van der Waals surface area (Å²) in [5.74, 6) is 0.529. The number of hydrogen-bond acceptors (Lipinski definition) is 4. The van der Waals surface area contributed by atoms with Crippen molar-refractivity contribution < 1.29 is 9.21 Å². The number of benzene rings is 1. The summed E-state index contributed by atoms with van der Waals surface area (Å²) in [5, 5.41) is 3.01. The van der Waals surface area contributed by atoms with Crippen molar-refractivity contribution in [3.63, 3.8) is 0 Å². The highest BCUT2D eigenvalue weighted by Crippen LogP contribution is 2.19. The number of halogens is 2. The Morgan fingerprint density at radius 1 is 1.28 bits per heavy atom. The Morgan fingerprint density at radius 2 is 2.04 bits per heavy atom. The normalized spacial score (nSPS) is 16.8. The summed E-state index contributed by atoms with van der Waals surface area (Å²) in [6.07, 6.45) is 3.76. The van der Waals surface area contributed by atoms with Gasteiger partial charge in [0.1, 0.15) is 12.0 Å². The number of nitrogens with zero attached hydrogens (tertiary/aromatic N) is 1. The van der Waals surface area contributed by atoms with Crippen molar-refractivity contribution in [1.82, 2.24) is 10.2 Å². The molecule has 3 rings (SSSR count). The zero-order valence-electron chi connectivity index (χ0n) is 14.0. The first-order valence-electron chi connectivity index (χ1n) is 8.10. The van der Waals surface area contributed by atoms with Crippen LogP contribution in [0.15, 0.2) is 47.1 Å². The molecule has 1 aliphatic rings. The van der Waals surface area contributed by atoms with Gasteiger partial charge in [-0.3, -0.25) is 9.69 Å². The molecule has 1 aromatic heterocycles. The largest absolute Gasteiger partial charge is 0.467 e. The van der Waals surface area contributed by atoms with E-state index < -0.39 is 0 Å². The molecule has 25 heavy (non-hydrogen) atoms. The van der Waals surface area contributed by atoms with Gasteiger partial charge in [0.15, 0.2) is 0 Å². The third-order valence-corrected chi connectivity index (χ3v) is 4.34. The lowest BCUT2D eigenvalue weighted by Crippen LogP contribution is -2.39. The zero-order chi connectivity index (χ0) is 16.1. The average molecular weight is 386 g/mol. The Bertz CT molecular complexity index is 649. The Balaban J connectivity index is 0.00000156. The minimum Gasteiger partial charge on any atom is -0.467 e. The molecule has 138 valence electrons. The van der Waals surface area contributed by atoms with Crippen LogP contribution in [0.25, 0.3) is 0 Å². The fourth-order valence-corrected chi connectivity index (χ4v) is 3.07. The molecule has 0 aliphatic carbocycles. The van der Waals surface area contributed by atoms with E-state index in [1.807, 2.05) is 6.07 Å². The standard InChI is InChI=1S/C18H23N3O2.2ClH/c19-10-17-9-15(13-23-17)18(22)20-11-16-7-4-8-21(16)12-14-5-2-1-3-6-14;;/h1-3,5-6,9,13,16H,4,7-8,10-12,19H2,(H,20,22);2*1H. The Kier molecular flexibility index (Phi) is 9.00. The number of furan rings is 1. The molecule has 5 nitrogen and oxygen atoms in total. The lowest BCUT2D eigenvalue weighted by Gasteiger charge is -2.24. The fraction of sp³-hybridized carbons (Fsp3) is 0.389. The van der Waals surface area contributed by atoms with Crippen molar-refractivity contribution in [2.45, 2.75) is 32.0 Å². The number of carbonyl (C=O) groups excluding carboxylic acids is 1. The molecule has 1 saturated heterocycles. The molecule has 0 saturated carbocycles. The van der Waals surface area contributed by atoms with Gasteiger partial charge in [0, 0.05) is 19.1 Å². The van der Waals surface area contributed by atoms with Gasteiger partial charge < -0.3 is 15.5 Å². The van der Waals surface area contributed by atoms with Crippen LogP contribution in [-0.2, 0) is 13.1 Å². The van der Waals surface area contributed by atoms with Gasteiger partial charge in [-0.1, -0.05) is 30.3 Å². The number of nitrogens with two attached hydrogens (primary N) is 1. The maximum absolute atomic E-state index is 12.2. The first kappa shape index (κ1) is 21.5. The van der Waals surface area contributed by atoms with Crippen molar-refractivity contribution in [3.8, 4) is 0 Å². The molecular formula is C18H25Cl2N3O2. The van der Waals surface area contributed by atoms with Crippen LogP contribution in [0.4, 0.5) is 0 Å². The summed E-state index contributed by atoms with van der Waals surface area (Å²) < 4.78 is 5.21. The van der Waals surface area contributed by atoms with Crippen molar-refractivity contribution in [3.05, 3.63) is 59.5 Å².